The normalized spacial score (nSPS) is 29.4. The molecule has 14 heavy (non-hydrogen) atoms. The van der Waals surface area contributed by atoms with Gasteiger partial charge in [0.2, 0.25) is 5.89 Å². The molecule has 2 rings (SSSR count). The van der Waals surface area contributed by atoms with Gasteiger partial charge >= 0.3 is 0 Å². The molecule has 1 aromatic rings. The molecule has 0 aromatic carbocycles. The first-order chi connectivity index (χ1) is 6.68. The highest BCUT2D eigenvalue weighted by Gasteiger charge is 2.29. The molecular formula is C10H17N3O. The molecule has 3 atom stereocenters. The molecular weight excluding hydrogens is 178 g/mol. The number of nitrogens with two attached hydrogens (primary N) is 1. The van der Waals surface area contributed by atoms with Crippen LogP contribution in [-0.4, -0.2) is 10.1 Å². The SMILES string of the molecule is CC(N)c1nc(C2CCCC2C)no1. The Morgan fingerprint density at radius 1 is 1.50 bits per heavy atom. The van der Waals surface area contributed by atoms with E-state index in [9.17, 15) is 0 Å². The Kier molecular flexibility index (Phi) is 2.54. The van der Waals surface area contributed by atoms with Gasteiger partial charge in [0.1, 0.15) is 0 Å². The molecule has 0 saturated heterocycles. The highest BCUT2D eigenvalue weighted by Crippen LogP contribution is 2.37. The topological polar surface area (TPSA) is 64.9 Å². The average molecular weight is 195 g/mol. The Morgan fingerprint density at radius 3 is 2.79 bits per heavy atom. The molecule has 1 saturated carbocycles. The summed E-state index contributed by atoms with van der Waals surface area (Å²) in [7, 11) is 0. The van der Waals surface area contributed by atoms with E-state index in [0.29, 0.717) is 17.7 Å². The molecule has 0 spiro atoms. The van der Waals surface area contributed by atoms with Gasteiger partial charge in [-0.25, -0.2) is 0 Å². The lowest BCUT2D eigenvalue weighted by molar-refractivity contribution is 0.351. The quantitative estimate of drug-likeness (QED) is 0.783. The third kappa shape index (κ3) is 1.66. The van der Waals surface area contributed by atoms with E-state index < -0.39 is 0 Å². The maximum Gasteiger partial charge on any atom is 0.243 e. The maximum atomic E-state index is 5.66. The van der Waals surface area contributed by atoms with Crippen LogP contribution in [0.3, 0.4) is 0 Å². The van der Waals surface area contributed by atoms with Crippen molar-refractivity contribution in [2.75, 3.05) is 0 Å². The highest BCUT2D eigenvalue weighted by molar-refractivity contribution is 5.01. The Labute approximate surface area is 83.9 Å². The maximum absolute atomic E-state index is 5.66. The summed E-state index contributed by atoms with van der Waals surface area (Å²) < 4.78 is 5.10. The number of nitrogens with zero attached hydrogens (tertiary/aromatic N) is 2. The van der Waals surface area contributed by atoms with E-state index in [0.717, 1.165) is 5.82 Å². The summed E-state index contributed by atoms with van der Waals surface area (Å²) in [5, 5.41) is 4.00. The molecule has 1 aliphatic carbocycles. The predicted octanol–water partition coefficient (Wildman–Crippen LogP) is 1.99. The van der Waals surface area contributed by atoms with Gasteiger partial charge in [0.15, 0.2) is 5.82 Å². The lowest BCUT2D eigenvalue weighted by atomic mass is 9.98. The van der Waals surface area contributed by atoms with Crippen molar-refractivity contribution in [2.45, 2.75) is 45.1 Å². The number of rotatable bonds is 2. The predicted molar refractivity (Wildman–Crippen MR) is 52.7 cm³/mol. The Balaban J connectivity index is 2.16. The molecule has 78 valence electrons. The van der Waals surface area contributed by atoms with Crippen molar-refractivity contribution >= 4 is 0 Å². The van der Waals surface area contributed by atoms with Crippen LogP contribution in [0.2, 0.25) is 0 Å². The minimum Gasteiger partial charge on any atom is -0.338 e. The third-order valence-electron chi connectivity index (χ3n) is 3.04. The van der Waals surface area contributed by atoms with E-state index in [1.165, 1.54) is 19.3 Å². The van der Waals surface area contributed by atoms with Crippen molar-refractivity contribution in [3.8, 4) is 0 Å². The first-order valence-corrected chi connectivity index (χ1v) is 5.27. The van der Waals surface area contributed by atoms with Crippen molar-refractivity contribution in [1.29, 1.82) is 0 Å². The summed E-state index contributed by atoms with van der Waals surface area (Å²) in [6.45, 7) is 4.11. The summed E-state index contributed by atoms with van der Waals surface area (Å²) in [6.07, 6.45) is 3.72. The first kappa shape index (κ1) is 9.65. The molecule has 1 aromatic heterocycles. The Morgan fingerprint density at radius 2 is 2.29 bits per heavy atom. The second-order valence-electron chi connectivity index (χ2n) is 4.29. The van der Waals surface area contributed by atoms with E-state index in [1.807, 2.05) is 6.92 Å². The molecule has 2 N–H and O–H groups in total. The molecule has 1 fully saturated rings. The van der Waals surface area contributed by atoms with Gasteiger partial charge in [-0.3, -0.25) is 0 Å². The monoisotopic (exact) mass is 195 g/mol. The lowest BCUT2D eigenvalue weighted by Gasteiger charge is -2.09. The van der Waals surface area contributed by atoms with E-state index in [-0.39, 0.29) is 6.04 Å². The highest BCUT2D eigenvalue weighted by atomic mass is 16.5. The largest absolute Gasteiger partial charge is 0.338 e. The summed E-state index contributed by atoms with van der Waals surface area (Å²) in [5.74, 6) is 2.56. The zero-order valence-electron chi connectivity index (χ0n) is 8.73. The fourth-order valence-corrected chi connectivity index (χ4v) is 2.11. The van der Waals surface area contributed by atoms with Crippen LogP contribution in [0.5, 0.6) is 0 Å². The van der Waals surface area contributed by atoms with Gasteiger partial charge in [-0.1, -0.05) is 18.5 Å². The summed E-state index contributed by atoms with van der Waals surface area (Å²) in [4.78, 5) is 4.34. The van der Waals surface area contributed by atoms with Crippen LogP contribution >= 0.6 is 0 Å². The average Bonchev–Trinajstić information content (AvgIpc) is 2.71. The Bertz CT molecular complexity index is 308. The molecule has 3 unspecified atom stereocenters. The molecule has 0 aliphatic heterocycles. The van der Waals surface area contributed by atoms with Crippen LogP contribution in [-0.2, 0) is 0 Å². The van der Waals surface area contributed by atoms with Crippen LogP contribution in [0.25, 0.3) is 0 Å². The van der Waals surface area contributed by atoms with Gasteiger partial charge < -0.3 is 10.3 Å². The second-order valence-corrected chi connectivity index (χ2v) is 4.29. The third-order valence-corrected chi connectivity index (χ3v) is 3.04. The number of hydrogen-bond acceptors (Lipinski definition) is 4. The van der Waals surface area contributed by atoms with Crippen molar-refractivity contribution < 1.29 is 4.52 Å². The fraction of sp³-hybridized carbons (Fsp3) is 0.800. The molecule has 4 heteroatoms. The molecule has 4 nitrogen and oxygen atoms in total. The van der Waals surface area contributed by atoms with Crippen molar-refractivity contribution in [3.05, 3.63) is 11.7 Å². The van der Waals surface area contributed by atoms with Crippen LogP contribution in [0.15, 0.2) is 4.52 Å². The second kappa shape index (κ2) is 3.69. The van der Waals surface area contributed by atoms with Gasteiger partial charge in [-0.15, -0.1) is 0 Å². The number of hydrogen-bond donors (Lipinski definition) is 1. The van der Waals surface area contributed by atoms with E-state index >= 15 is 0 Å². The first-order valence-electron chi connectivity index (χ1n) is 5.27. The molecule has 0 bridgehead atoms. The van der Waals surface area contributed by atoms with Gasteiger partial charge in [0, 0.05) is 5.92 Å². The van der Waals surface area contributed by atoms with Crippen LogP contribution in [0.4, 0.5) is 0 Å². The molecule has 0 amide bonds. The van der Waals surface area contributed by atoms with E-state index in [2.05, 4.69) is 17.1 Å². The minimum atomic E-state index is -0.159. The van der Waals surface area contributed by atoms with E-state index in [4.69, 9.17) is 10.3 Å². The van der Waals surface area contributed by atoms with Crippen molar-refractivity contribution in [3.63, 3.8) is 0 Å². The van der Waals surface area contributed by atoms with Gasteiger partial charge in [-0.05, 0) is 25.7 Å². The van der Waals surface area contributed by atoms with Crippen LogP contribution in [0, 0.1) is 5.92 Å². The Hall–Kier alpha value is -0.900. The lowest BCUT2D eigenvalue weighted by Crippen LogP contribution is -2.07. The van der Waals surface area contributed by atoms with Gasteiger partial charge in [-0.2, -0.15) is 4.98 Å². The van der Waals surface area contributed by atoms with Gasteiger partial charge in [0.05, 0.1) is 6.04 Å². The van der Waals surface area contributed by atoms with Crippen LogP contribution < -0.4 is 5.73 Å². The minimum absolute atomic E-state index is 0.159. The van der Waals surface area contributed by atoms with Crippen molar-refractivity contribution in [1.82, 2.24) is 10.1 Å². The van der Waals surface area contributed by atoms with Gasteiger partial charge in [0.25, 0.3) is 0 Å². The summed E-state index contributed by atoms with van der Waals surface area (Å²) in [6, 6.07) is -0.159. The van der Waals surface area contributed by atoms with Crippen molar-refractivity contribution in [2.24, 2.45) is 11.7 Å². The number of aromatic nitrogens is 2. The summed E-state index contributed by atoms with van der Waals surface area (Å²) in [5.41, 5.74) is 5.66. The molecule has 1 heterocycles. The zero-order valence-corrected chi connectivity index (χ0v) is 8.73. The molecule has 0 radical (unpaired) electrons. The standard InChI is InChI=1S/C10H17N3O/c1-6-4-3-5-8(6)9-12-10(7(2)11)14-13-9/h6-8H,3-5,11H2,1-2H3. The van der Waals surface area contributed by atoms with Crippen LogP contribution in [0.1, 0.15) is 56.8 Å². The smallest absolute Gasteiger partial charge is 0.243 e. The van der Waals surface area contributed by atoms with E-state index in [1.54, 1.807) is 0 Å². The summed E-state index contributed by atoms with van der Waals surface area (Å²) >= 11 is 0. The zero-order chi connectivity index (χ0) is 10.1. The molecule has 1 aliphatic rings. The fourth-order valence-electron chi connectivity index (χ4n) is 2.11.